The first-order valence-electron chi connectivity index (χ1n) is 3.77. The molecule has 0 bridgehead atoms. The Hall–Kier alpha value is -1.32. The third-order valence-electron chi connectivity index (χ3n) is 1.33. The van der Waals surface area contributed by atoms with Crippen LogP contribution >= 0.6 is 0 Å². The molecular formula is C8H16N4. The second-order valence-corrected chi connectivity index (χ2v) is 2.24. The van der Waals surface area contributed by atoms with Crippen LogP contribution in [0.4, 0.5) is 0 Å². The molecule has 0 amide bonds. The lowest BCUT2D eigenvalue weighted by Crippen LogP contribution is -2.19. The summed E-state index contributed by atoms with van der Waals surface area (Å²) in [4.78, 5) is 8.05. The van der Waals surface area contributed by atoms with E-state index in [1.807, 2.05) is 13.8 Å². The van der Waals surface area contributed by atoms with Crippen molar-refractivity contribution >= 4 is 12.1 Å². The summed E-state index contributed by atoms with van der Waals surface area (Å²) in [7, 11) is 3.48. The van der Waals surface area contributed by atoms with Crippen LogP contribution in [0.1, 0.15) is 13.8 Å². The molecule has 0 aliphatic carbocycles. The van der Waals surface area contributed by atoms with Crippen LogP contribution in [-0.4, -0.2) is 26.1 Å². The van der Waals surface area contributed by atoms with Crippen LogP contribution in [0.15, 0.2) is 21.4 Å². The molecule has 3 N–H and O–H groups in total. The molecule has 0 rings (SSSR count). The first-order valence-corrected chi connectivity index (χ1v) is 3.77. The van der Waals surface area contributed by atoms with Gasteiger partial charge in [0, 0.05) is 26.0 Å². The van der Waals surface area contributed by atoms with E-state index in [1.165, 1.54) is 0 Å². The van der Waals surface area contributed by atoms with Crippen LogP contribution < -0.4 is 11.1 Å². The summed E-state index contributed by atoms with van der Waals surface area (Å²) < 4.78 is 0. The minimum atomic E-state index is 0.625. The van der Waals surface area contributed by atoms with Gasteiger partial charge >= 0.3 is 0 Å². The number of allylic oxidation sites excluding steroid dienone is 1. The molecule has 0 saturated carbocycles. The lowest BCUT2D eigenvalue weighted by atomic mass is 10.3. The molecule has 0 radical (unpaired) electrons. The average molecular weight is 168 g/mol. The summed E-state index contributed by atoms with van der Waals surface area (Å²) >= 11 is 0. The predicted octanol–water partition coefficient (Wildman–Crippen LogP) is 0.515. The monoisotopic (exact) mass is 168 g/mol. The highest BCUT2D eigenvalue weighted by molar-refractivity contribution is 6.02. The third kappa shape index (κ3) is 2.74. The molecule has 0 unspecified atom stereocenters. The molecule has 4 nitrogen and oxygen atoms in total. The van der Waals surface area contributed by atoms with Gasteiger partial charge in [-0.3, -0.25) is 4.99 Å². The number of nitrogens with zero attached hydrogens (tertiary/aromatic N) is 2. The van der Waals surface area contributed by atoms with E-state index < -0.39 is 0 Å². The first kappa shape index (κ1) is 10.7. The molecule has 0 heterocycles. The number of nitrogens with two attached hydrogens (primary N) is 1. The molecule has 68 valence electrons. The van der Waals surface area contributed by atoms with E-state index in [1.54, 1.807) is 20.3 Å². The van der Waals surface area contributed by atoms with Gasteiger partial charge in [-0.15, -0.1) is 0 Å². The second-order valence-electron chi connectivity index (χ2n) is 2.24. The zero-order valence-corrected chi connectivity index (χ0v) is 8.05. The van der Waals surface area contributed by atoms with E-state index in [0.717, 1.165) is 5.70 Å². The number of hydrogen-bond donors (Lipinski definition) is 2. The van der Waals surface area contributed by atoms with Crippen LogP contribution in [0.3, 0.4) is 0 Å². The van der Waals surface area contributed by atoms with Gasteiger partial charge in [0.1, 0.15) is 0 Å². The Kier molecular flexibility index (Phi) is 4.76. The van der Waals surface area contributed by atoms with Gasteiger partial charge in [-0.2, -0.15) is 0 Å². The van der Waals surface area contributed by atoms with Crippen LogP contribution in [0.25, 0.3) is 0 Å². The standard InChI is InChI=1S/C8H16N4/c1-5-12-8(11-4)7(10-3)6(2)9/h5,10H,9H2,1-4H3/b7-6+,11-8?,12-5?. The highest BCUT2D eigenvalue weighted by atomic mass is 15.0. The summed E-state index contributed by atoms with van der Waals surface area (Å²) in [6.07, 6.45) is 1.68. The maximum atomic E-state index is 5.62. The van der Waals surface area contributed by atoms with Crippen molar-refractivity contribution in [1.29, 1.82) is 0 Å². The second kappa shape index (κ2) is 5.35. The van der Waals surface area contributed by atoms with Gasteiger partial charge in [0.05, 0.1) is 5.70 Å². The van der Waals surface area contributed by atoms with Gasteiger partial charge in [0.15, 0.2) is 5.84 Å². The molecule has 0 aliphatic heterocycles. The normalized spacial score (nSPS) is 14.8. The van der Waals surface area contributed by atoms with E-state index in [-0.39, 0.29) is 0 Å². The number of aliphatic imine (C=N–C) groups is 2. The third-order valence-corrected chi connectivity index (χ3v) is 1.33. The Morgan fingerprint density at radius 1 is 1.50 bits per heavy atom. The van der Waals surface area contributed by atoms with Gasteiger partial charge in [0.2, 0.25) is 0 Å². The average Bonchev–Trinajstić information content (AvgIpc) is 2.03. The lowest BCUT2D eigenvalue weighted by molar-refractivity contribution is 1.00. The van der Waals surface area contributed by atoms with Crippen molar-refractivity contribution in [3.05, 3.63) is 11.4 Å². The van der Waals surface area contributed by atoms with Gasteiger partial charge < -0.3 is 11.1 Å². The quantitative estimate of drug-likeness (QED) is 0.466. The molecule has 0 aliphatic rings. The van der Waals surface area contributed by atoms with Crippen molar-refractivity contribution < 1.29 is 0 Å². The van der Waals surface area contributed by atoms with Gasteiger partial charge in [-0.25, -0.2) is 4.99 Å². The molecule has 0 atom stereocenters. The zero-order valence-electron chi connectivity index (χ0n) is 8.05. The molecular weight excluding hydrogens is 152 g/mol. The Morgan fingerprint density at radius 3 is 2.33 bits per heavy atom. The van der Waals surface area contributed by atoms with Crippen molar-refractivity contribution in [1.82, 2.24) is 5.32 Å². The molecule has 0 saturated heterocycles. The Balaban J connectivity index is 4.84. The van der Waals surface area contributed by atoms with E-state index in [9.17, 15) is 0 Å². The van der Waals surface area contributed by atoms with Gasteiger partial charge in [-0.05, 0) is 13.8 Å². The van der Waals surface area contributed by atoms with Gasteiger partial charge in [-0.1, -0.05) is 0 Å². The SMILES string of the molecule is CC=NC(=NC)/C(NC)=C(/C)N. The molecule has 0 aromatic carbocycles. The molecule has 0 aromatic heterocycles. The number of hydrogen-bond acceptors (Lipinski definition) is 3. The molecule has 12 heavy (non-hydrogen) atoms. The summed E-state index contributed by atoms with van der Waals surface area (Å²) in [5.74, 6) is 0.625. The number of rotatable bonds is 2. The number of amidine groups is 1. The Morgan fingerprint density at radius 2 is 2.08 bits per heavy atom. The molecule has 4 heteroatoms. The highest BCUT2D eigenvalue weighted by Gasteiger charge is 2.03. The molecule has 0 aromatic rings. The maximum Gasteiger partial charge on any atom is 0.172 e. The minimum absolute atomic E-state index is 0.625. The summed E-state index contributed by atoms with van der Waals surface area (Å²) in [5.41, 5.74) is 7.07. The van der Waals surface area contributed by atoms with E-state index in [4.69, 9.17) is 5.73 Å². The minimum Gasteiger partial charge on any atom is -0.400 e. The number of likely N-dealkylation sites (N-methyl/N-ethyl adjacent to an activating group) is 1. The van der Waals surface area contributed by atoms with Crippen LogP contribution in [0.2, 0.25) is 0 Å². The topological polar surface area (TPSA) is 62.8 Å². The summed E-state index contributed by atoms with van der Waals surface area (Å²) in [5, 5.41) is 2.95. The largest absolute Gasteiger partial charge is 0.400 e. The zero-order chi connectivity index (χ0) is 9.56. The van der Waals surface area contributed by atoms with Crippen molar-refractivity contribution in [2.75, 3.05) is 14.1 Å². The van der Waals surface area contributed by atoms with Crippen molar-refractivity contribution in [2.24, 2.45) is 15.7 Å². The summed E-state index contributed by atoms with van der Waals surface area (Å²) in [6.45, 7) is 3.65. The van der Waals surface area contributed by atoms with Gasteiger partial charge in [0.25, 0.3) is 0 Å². The fraction of sp³-hybridized carbons (Fsp3) is 0.500. The fourth-order valence-corrected chi connectivity index (χ4v) is 0.842. The first-order chi connectivity index (χ1) is 5.67. The van der Waals surface area contributed by atoms with E-state index in [0.29, 0.717) is 11.5 Å². The Labute approximate surface area is 73.3 Å². The van der Waals surface area contributed by atoms with Crippen LogP contribution in [0, 0.1) is 0 Å². The van der Waals surface area contributed by atoms with Crippen LogP contribution in [0.5, 0.6) is 0 Å². The predicted molar refractivity (Wildman–Crippen MR) is 53.5 cm³/mol. The highest BCUT2D eigenvalue weighted by Crippen LogP contribution is 1.98. The molecule has 0 fully saturated rings. The van der Waals surface area contributed by atoms with E-state index >= 15 is 0 Å². The lowest BCUT2D eigenvalue weighted by Gasteiger charge is -2.07. The van der Waals surface area contributed by atoms with Crippen molar-refractivity contribution in [2.45, 2.75) is 13.8 Å². The Bertz CT molecular complexity index is 221. The van der Waals surface area contributed by atoms with Crippen molar-refractivity contribution in [3.8, 4) is 0 Å². The fourth-order valence-electron chi connectivity index (χ4n) is 0.842. The maximum absolute atomic E-state index is 5.62. The van der Waals surface area contributed by atoms with Crippen molar-refractivity contribution in [3.63, 3.8) is 0 Å². The smallest absolute Gasteiger partial charge is 0.172 e. The van der Waals surface area contributed by atoms with E-state index in [2.05, 4.69) is 15.3 Å². The number of nitrogens with one attached hydrogen (secondary N) is 1. The summed E-state index contributed by atoms with van der Waals surface area (Å²) in [6, 6.07) is 0. The van der Waals surface area contributed by atoms with Crippen LogP contribution in [-0.2, 0) is 0 Å². The molecule has 0 spiro atoms.